The number of aliphatic hydroxyl groups excluding tert-OH is 3. The number of ether oxygens (including phenoxy) is 4. The minimum Gasteiger partial charge on any atom is -0.491 e. The number of hydrogen-bond acceptors (Lipinski definition) is 8. The first-order valence-electron chi connectivity index (χ1n) is 12.0. The normalized spacial score (nSPS) is 13.8. The van der Waals surface area contributed by atoms with Crippen molar-refractivity contribution in [3.63, 3.8) is 0 Å². The summed E-state index contributed by atoms with van der Waals surface area (Å²) >= 11 is 0. The van der Waals surface area contributed by atoms with Gasteiger partial charge in [0.1, 0.15) is 43.5 Å². The number of rotatable bonds is 15. The van der Waals surface area contributed by atoms with Gasteiger partial charge in [-0.15, -0.1) is 0 Å². The van der Waals surface area contributed by atoms with Crippen LogP contribution in [0.4, 0.5) is 0 Å². The Morgan fingerprint density at radius 3 is 1.62 bits per heavy atom. The summed E-state index contributed by atoms with van der Waals surface area (Å²) in [7, 11) is 0. The Bertz CT molecular complexity index is 1030. The van der Waals surface area contributed by atoms with Gasteiger partial charge >= 0.3 is 5.97 Å². The Balaban J connectivity index is 1.87. The van der Waals surface area contributed by atoms with E-state index in [1.165, 1.54) is 0 Å². The molecule has 0 aliphatic rings. The summed E-state index contributed by atoms with van der Waals surface area (Å²) in [6, 6.07) is 15.2. The second kappa shape index (κ2) is 13.9. The number of carbonyl (C=O) groups is 1. The number of hydrogen-bond donors (Lipinski definition) is 3. The summed E-state index contributed by atoms with van der Waals surface area (Å²) in [4.78, 5) is 11.4. The summed E-state index contributed by atoms with van der Waals surface area (Å²) in [6.45, 7) is 14.3. The number of esters is 1. The van der Waals surface area contributed by atoms with Gasteiger partial charge in [0.2, 0.25) is 0 Å². The first kappa shape index (κ1) is 30.1. The average Bonchev–Trinajstić information content (AvgIpc) is 2.88. The Labute approximate surface area is 218 Å². The van der Waals surface area contributed by atoms with Crippen molar-refractivity contribution < 1.29 is 39.1 Å². The highest BCUT2D eigenvalue weighted by Crippen LogP contribution is 2.33. The molecule has 0 amide bonds. The van der Waals surface area contributed by atoms with E-state index in [1.54, 1.807) is 13.8 Å². The average molecular weight is 515 g/mol. The first-order valence-corrected chi connectivity index (χ1v) is 12.0. The zero-order valence-electron chi connectivity index (χ0n) is 22.0. The van der Waals surface area contributed by atoms with E-state index in [0.29, 0.717) is 17.1 Å². The zero-order valence-corrected chi connectivity index (χ0v) is 22.0. The van der Waals surface area contributed by atoms with E-state index in [4.69, 9.17) is 18.9 Å². The van der Waals surface area contributed by atoms with Crippen molar-refractivity contribution in [2.45, 2.75) is 51.6 Å². The molecule has 0 radical (unpaired) electrons. The van der Waals surface area contributed by atoms with Crippen molar-refractivity contribution in [3.8, 4) is 11.5 Å². The fourth-order valence-corrected chi connectivity index (χ4v) is 3.22. The maximum atomic E-state index is 11.4. The molecular weight excluding hydrogens is 476 g/mol. The lowest BCUT2D eigenvalue weighted by Gasteiger charge is -2.26. The van der Waals surface area contributed by atoms with E-state index in [9.17, 15) is 20.1 Å². The summed E-state index contributed by atoms with van der Waals surface area (Å²) in [5.74, 6) is 0.648. The van der Waals surface area contributed by atoms with Crippen LogP contribution in [-0.2, 0) is 19.7 Å². The smallest absolute Gasteiger partial charge is 0.333 e. The molecule has 3 N–H and O–H groups in total. The van der Waals surface area contributed by atoms with Gasteiger partial charge in [0.05, 0.1) is 6.61 Å². The predicted octanol–water partition coefficient (Wildman–Crippen LogP) is 3.52. The van der Waals surface area contributed by atoms with Crippen LogP contribution in [0.3, 0.4) is 0 Å². The minimum atomic E-state index is -1.11. The highest BCUT2D eigenvalue weighted by Gasteiger charge is 2.23. The fraction of sp³-hybridized carbons (Fsp3) is 0.414. The summed E-state index contributed by atoms with van der Waals surface area (Å²) in [5.41, 5.74) is 2.56. The monoisotopic (exact) mass is 514 g/mol. The summed E-state index contributed by atoms with van der Waals surface area (Å²) < 4.78 is 21.3. The van der Waals surface area contributed by atoms with Gasteiger partial charge in [-0.25, -0.2) is 4.79 Å². The lowest BCUT2D eigenvalue weighted by Crippen LogP contribution is -2.27. The molecule has 0 aliphatic carbocycles. The molecule has 3 atom stereocenters. The molecule has 0 saturated carbocycles. The molecule has 8 nitrogen and oxygen atoms in total. The van der Waals surface area contributed by atoms with Crippen molar-refractivity contribution in [2.75, 3.05) is 26.4 Å². The Kier molecular flexibility index (Phi) is 11.3. The first-order chi connectivity index (χ1) is 17.4. The number of benzene rings is 2. The van der Waals surface area contributed by atoms with Crippen LogP contribution in [-0.4, -0.2) is 66.2 Å². The lowest BCUT2D eigenvalue weighted by molar-refractivity contribution is -0.142. The van der Waals surface area contributed by atoms with E-state index in [1.807, 2.05) is 48.5 Å². The molecule has 8 heteroatoms. The van der Waals surface area contributed by atoms with Gasteiger partial charge < -0.3 is 34.3 Å². The van der Waals surface area contributed by atoms with Crippen LogP contribution < -0.4 is 9.47 Å². The third-order valence-electron chi connectivity index (χ3n) is 5.66. The van der Waals surface area contributed by atoms with E-state index in [-0.39, 0.29) is 37.4 Å². The van der Waals surface area contributed by atoms with Crippen LogP contribution in [0.25, 0.3) is 0 Å². The maximum Gasteiger partial charge on any atom is 0.333 e. The highest BCUT2D eigenvalue weighted by atomic mass is 16.6. The van der Waals surface area contributed by atoms with Gasteiger partial charge in [-0.3, -0.25) is 0 Å². The molecule has 0 heterocycles. The quantitative estimate of drug-likeness (QED) is 0.143. The molecule has 0 fully saturated rings. The second-order valence-corrected chi connectivity index (χ2v) is 9.51. The van der Waals surface area contributed by atoms with Crippen molar-refractivity contribution in [1.29, 1.82) is 0 Å². The van der Waals surface area contributed by atoms with Crippen molar-refractivity contribution >= 4 is 5.97 Å². The van der Waals surface area contributed by atoms with E-state index >= 15 is 0 Å². The van der Waals surface area contributed by atoms with Crippen molar-refractivity contribution in [2.24, 2.45) is 0 Å². The molecule has 0 bridgehead atoms. The van der Waals surface area contributed by atoms with Crippen LogP contribution in [0, 0.1) is 0 Å². The summed E-state index contributed by atoms with van der Waals surface area (Å²) in [6.07, 6.45) is -2.95. The van der Waals surface area contributed by atoms with Gasteiger partial charge in [-0.2, -0.15) is 0 Å². The summed E-state index contributed by atoms with van der Waals surface area (Å²) in [5, 5.41) is 29.5. The van der Waals surface area contributed by atoms with Gasteiger partial charge in [0.25, 0.3) is 0 Å². The standard InChI is InChI=1S/C29H38O8/c1-19(2)27(32)36-17-23(30)15-34-25-11-7-21(8-12-25)29(5,6)22-9-13-26(14-10-22)35-16-24(31)18-37-28(33)20(3)4/h7-14,23-24,27,30-32H,1,3,15-18H2,2,4-6H3/t23-,24?,27?/m0/s1. The Morgan fingerprint density at radius 2 is 1.22 bits per heavy atom. The Morgan fingerprint density at radius 1 is 0.784 bits per heavy atom. The number of carbonyl (C=O) groups excluding carboxylic acids is 1. The highest BCUT2D eigenvalue weighted by molar-refractivity contribution is 5.86. The third-order valence-corrected chi connectivity index (χ3v) is 5.66. The molecule has 0 saturated heterocycles. The maximum absolute atomic E-state index is 11.4. The van der Waals surface area contributed by atoms with E-state index in [2.05, 4.69) is 27.0 Å². The molecule has 2 unspecified atom stereocenters. The third kappa shape index (κ3) is 9.66. The van der Waals surface area contributed by atoms with Gasteiger partial charge in [0, 0.05) is 11.0 Å². The molecule has 2 aromatic carbocycles. The molecule has 37 heavy (non-hydrogen) atoms. The van der Waals surface area contributed by atoms with Crippen LogP contribution in [0.15, 0.2) is 72.8 Å². The zero-order chi connectivity index (χ0) is 27.6. The molecule has 0 aliphatic heterocycles. The SMILES string of the molecule is C=C(C)C(=O)OCC(O)COc1ccc(C(C)(C)c2ccc(OC[C@H](O)COC(O)C(=C)C)cc2)cc1. The molecule has 202 valence electrons. The van der Waals surface area contributed by atoms with Crippen molar-refractivity contribution in [3.05, 3.63) is 84.0 Å². The fourth-order valence-electron chi connectivity index (χ4n) is 3.22. The molecule has 2 rings (SSSR count). The molecule has 2 aromatic rings. The Hall–Kier alpha value is -3.17. The largest absolute Gasteiger partial charge is 0.491 e. The molecule has 0 spiro atoms. The predicted molar refractivity (Wildman–Crippen MR) is 141 cm³/mol. The second-order valence-electron chi connectivity index (χ2n) is 9.51. The molecule has 0 aromatic heterocycles. The van der Waals surface area contributed by atoms with Gasteiger partial charge in [-0.05, 0) is 54.8 Å². The topological polar surface area (TPSA) is 115 Å². The van der Waals surface area contributed by atoms with Gasteiger partial charge in [-0.1, -0.05) is 51.3 Å². The minimum absolute atomic E-state index is 0.0109. The van der Waals surface area contributed by atoms with Crippen LogP contribution in [0.2, 0.25) is 0 Å². The van der Waals surface area contributed by atoms with Crippen LogP contribution in [0.1, 0.15) is 38.8 Å². The van der Waals surface area contributed by atoms with E-state index < -0.39 is 24.5 Å². The lowest BCUT2D eigenvalue weighted by atomic mass is 9.78. The number of aliphatic hydroxyl groups is 3. The van der Waals surface area contributed by atoms with E-state index in [0.717, 1.165) is 11.1 Å². The van der Waals surface area contributed by atoms with Crippen molar-refractivity contribution in [1.82, 2.24) is 0 Å². The van der Waals surface area contributed by atoms with Crippen LogP contribution in [0.5, 0.6) is 11.5 Å². The van der Waals surface area contributed by atoms with Crippen LogP contribution >= 0.6 is 0 Å². The molecular formula is C29H38O8. The van der Waals surface area contributed by atoms with Gasteiger partial charge in [0.15, 0.2) is 6.29 Å².